The lowest BCUT2D eigenvalue weighted by molar-refractivity contribution is 0.167. The number of allylic oxidation sites excluding steroid dienone is 1. The Morgan fingerprint density at radius 2 is 2.12 bits per heavy atom. The van der Waals surface area contributed by atoms with Gasteiger partial charge in [-0.2, -0.15) is 0 Å². The quantitative estimate of drug-likeness (QED) is 0.695. The maximum atomic E-state index is 8.91. The largest absolute Gasteiger partial charge is 0.396 e. The highest BCUT2D eigenvalue weighted by molar-refractivity contribution is 5.09. The van der Waals surface area contributed by atoms with Crippen molar-refractivity contribution in [2.24, 2.45) is 17.3 Å². The molecule has 1 aliphatic rings. The first kappa shape index (κ1) is 13.8. The average Bonchev–Trinajstić information content (AvgIpc) is 2.16. The zero-order valence-electron chi connectivity index (χ0n) is 11.3. The maximum absolute atomic E-state index is 8.91. The van der Waals surface area contributed by atoms with E-state index in [1.54, 1.807) is 0 Å². The zero-order valence-corrected chi connectivity index (χ0v) is 11.3. The third kappa shape index (κ3) is 3.62. The number of rotatable bonds is 5. The first-order valence-electron chi connectivity index (χ1n) is 6.76. The molecular formula is C15H28O. The van der Waals surface area contributed by atoms with Gasteiger partial charge in [-0.05, 0) is 49.4 Å². The van der Waals surface area contributed by atoms with E-state index < -0.39 is 0 Å². The number of aliphatic hydroxyl groups excluding tert-OH is 1. The summed E-state index contributed by atoms with van der Waals surface area (Å²) in [7, 11) is 0. The van der Waals surface area contributed by atoms with E-state index in [2.05, 4.69) is 27.4 Å². The molecule has 0 aliphatic heterocycles. The van der Waals surface area contributed by atoms with Crippen molar-refractivity contribution in [1.82, 2.24) is 0 Å². The first-order chi connectivity index (χ1) is 7.47. The Kier molecular flexibility index (Phi) is 5.04. The van der Waals surface area contributed by atoms with E-state index in [9.17, 15) is 0 Å². The standard InChI is InChI=1S/C15H28O/c1-12(9-11-16)7-8-14-13(2)6-5-10-15(14,3)4/h12,14,16H,2,5-11H2,1,3-4H3/t12?,14-/m0/s1. The number of aliphatic hydroxyl groups is 1. The average molecular weight is 224 g/mol. The summed E-state index contributed by atoms with van der Waals surface area (Å²) in [4.78, 5) is 0. The summed E-state index contributed by atoms with van der Waals surface area (Å²) in [6.45, 7) is 11.6. The third-order valence-electron chi connectivity index (χ3n) is 4.33. The van der Waals surface area contributed by atoms with Crippen LogP contribution in [0.25, 0.3) is 0 Å². The molecule has 94 valence electrons. The van der Waals surface area contributed by atoms with E-state index in [1.807, 2.05) is 0 Å². The molecule has 1 unspecified atom stereocenters. The third-order valence-corrected chi connectivity index (χ3v) is 4.33. The summed E-state index contributed by atoms with van der Waals surface area (Å²) < 4.78 is 0. The number of hydrogen-bond acceptors (Lipinski definition) is 1. The Bertz CT molecular complexity index is 230. The molecule has 1 aliphatic carbocycles. The van der Waals surface area contributed by atoms with Crippen LogP contribution in [0.2, 0.25) is 0 Å². The van der Waals surface area contributed by atoms with Gasteiger partial charge in [-0.3, -0.25) is 0 Å². The summed E-state index contributed by atoms with van der Waals surface area (Å²) in [5, 5.41) is 8.91. The highest BCUT2D eigenvalue weighted by Crippen LogP contribution is 2.45. The molecule has 1 N–H and O–H groups in total. The topological polar surface area (TPSA) is 20.2 Å². The van der Waals surface area contributed by atoms with E-state index in [4.69, 9.17) is 5.11 Å². The molecule has 0 bridgehead atoms. The second-order valence-corrected chi connectivity index (χ2v) is 6.25. The van der Waals surface area contributed by atoms with Gasteiger partial charge in [0.25, 0.3) is 0 Å². The van der Waals surface area contributed by atoms with Gasteiger partial charge in [-0.25, -0.2) is 0 Å². The lowest BCUT2D eigenvalue weighted by Gasteiger charge is -2.40. The van der Waals surface area contributed by atoms with Crippen molar-refractivity contribution in [1.29, 1.82) is 0 Å². The summed E-state index contributed by atoms with van der Waals surface area (Å²) in [6.07, 6.45) is 7.31. The van der Waals surface area contributed by atoms with Crippen LogP contribution >= 0.6 is 0 Å². The molecule has 0 amide bonds. The SMILES string of the molecule is C=C1CCCC(C)(C)[C@H]1CCC(C)CCO. The van der Waals surface area contributed by atoms with Crippen LogP contribution in [0, 0.1) is 17.3 Å². The molecule has 0 radical (unpaired) electrons. The maximum Gasteiger partial charge on any atom is 0.0433 e. The van der Waals surface area contributed by atoms with Crippen molar-refractivity contribution in [3.8, 4) is 0 Å². The molecule has 1 rings (SSSR count). The van der Waals surface area contributed by atoms with Crippen molar-refractivity contribution in [3.63, 3.8) is 0 Å². The minimum atomic E-state index is 0.330. The van der Waals surface area contributed by atoms with Gasteiger partial charge in [-0.1, -0.05) is 39.3 Å². The zero-order chi connectivity index (χ0) is 12.2. The Morgan fingerprint density at radius 3 is 2.69 bits per heavy atom. The van der Waals surface area contributed by atoms with Crippen LogP contribution in [0.1, 0.15) is 59.3 Å². The fourth-order valence-electron chi connectivity index (χ4n) is 3.08. The molecule has 1 nitrogen and oxygen atoms in total. The Labute approximate surface area is 101 Å². The molecular weight excluding hydrogens is 196 g/mol. The molecule has 1 fully saturated rings. The van der Waals surface area contributed by atoms with Crippen molar-refractivity contribution in [3.05, 3.63) is 12.2 Å². The fourth-order valence-corrected chi connectivity index (χ4v) is 3.08. The van der Waals surface area contributed by atoms with Crippen LogP contribution in [-0.2, 0) is 0 Å². The van der Waals surface area contributed by atoms with E-state index in [1.165, 1.54) is 37.7 Å². The second-order valence-electron chi connectivity index (χ2n) is 6.25. The normalized spacial score (nSPS) is 26.8. The summed E-state index contributed by atoms with van der Waals surface area (Å²) in [5.41, 5.74) is 1.90. The Balaban J connectivity index is 2.46. The van der Waals surface area contributed by atoms with E-state index in [-0.39, 0.29) is 0 Å². The van der Waals surface area contributed by atoms with E-state index >= 15 is 0 Å². The van der Waals surface area contributed by atoms with Crippen LogP contribution in [0.5, 0.6) is 0 Å². The Morgan fingerprint density at radius 1 is 1.44 bits per heavy atom. The van der Waals surface area contributed by atoms with Gasteiger partial charge in [0, 0.05) is 6.61 Å². The molecule has 0 heterocycles. The van der Waals surface area contributed by atoms with Crippen molar-refractivity contribution >= 4 is 0 Å². The van der Waals surface area contributed by atoms with E-state index in [0.29, 0.717) is 23.9 Å². The van der Waals surface area contributed by atoms with Crippen LogP contribution in [0.3, 0.4) is 0 Å². The molecule has 1 saturated carbocycles. The highest BCUT2D eigenvalue weighted by Gasteiger charge is 2.34. The molecule has 0 saturated heterocycles. The Hall–Kier alpha value is -0.300. The lowest BCUT2D eigenvalue weighted by atomic mass is 9.65. The summed E-state index contributed by atoms with van der Waals surface area (Å²) in [6, 6.07) is 0. The molecule has 1 heteroatoms. The summed E-state index contributed by atoms with van der Waals surface area (Å²) in [5.74, 6) is 1.35. The van der Waals surface area contributed by atoms with Gasteiger partial charge < -0.3 is 5.11 Å². The van der Waals surface area contributed by atoms with Gasteiger partial charge in [0.2, 0.25) is 0 Å². The predicted octanol–water partition coefficient (Wildman–Crippen LogP) is 4.17. The molecule has 16 heavy (non-hydrogen) atoms. The lowest BCUT2D eigenvalue weighted by Crippen LogP contribution is -2.29. The minimum Gasteiger partial charge on any atom is -0.396 e. The molecule has 0 aromatic carbocycles. The van der Waals surface area contributed by atoms with Crippen LogP contribution in [0.4, 0.5) is 0 Å². The van der Waals surface area contributed by atoms with Gasteiger partial charge in [-0.15, -0.1) is 0 Å². The van der Waals surface area contributed by atoms with Gasteiger partial charge in [0.15, 0.2) is 0 Å². The minimum absolute atomic E-state index is 0.330. The van der Waals surface area contributed by atoms with Crippen LogP contribution < -0.4 is 0 Å². The second kappa shape index (κ2) is 5.86. The van der Waals surface area contributed by atoms with Crippen molar-refractivity contribution in [2.45, 2.75) is 59.3 Å². The van der Waals surface area contributed by atoms with E-state index in [0.717, 1.165) is 6.42 Å². The van der Waals surface area contributed by atoms with Gasteiger partial charge in [0.1, 0.15) is 0 Å². The first-order valence-corrected chi connectivity index (χ1v) is 6.76. The summed E-state index contributed by atoms with van der Waals surface area (Å²) >= 11 is 0. The molecule has 0 aromatic heterocycles. The fraction of sp³-hybridized carbons (Fsp3) is 0.867. The van der Waals surface area contributed by atoms with Crippen molar-refractivity contribution in [2.75, 3.05) is 6.61 Å². The number of hydrogen-bond donors (Lipinski definition) is 1. The molecule has 0 spiro atoms. The highest BCUT2D eigenvalue weighted by atomic mass is 16.3. The van der Waals surface area contributed by atoms with Crippen LogP contribution in [-0.4, -0.2) is 11.7 Å². The molecule has 2 atom stereocenters. The smallest absolute Gasteiger partial charge is 0.0433 e. The molecule has 0 aromatic rings. The van der Waals surface area contributed by atoms with Crippen molar-refractivity contribution < 1.29 is 5.11 Å². The predicted molar refractivity (Wildman–Crippen MR) is 70.4 cm³/mol. The van der Waals surface area contributed by atoms with Crippen LogP contribution in [0.15, 0.2) is 12.2 Å². The van der Waals surface area contributed by atoms with Gasteiger partial charge >= 0.3 is 0 Å². The monoisotopic (exact) mass is 224 g/mol. The van der Waals surface area contributed by atoms with Gasteiger partial charge in [0.05, 0.1) is 0 Å².